The normalized spacial score (nSPS) is 15.1. The monoisotopic (exact) mass is 446 g/mol. The molecule has 3 rings (SSSR count). The Hall–Kier alpha value is -2.42. The predicted octanol–water partition coefficient (Wildman–Crippen LogP) is 3.33. The number of anilines is 1. The van der Waals surface area contributed by atoms with Crippen molar-refractivity contribution >= 4 is 21.6 Å². The van der Waals surface area contributed by atoms with Crippen LogP contribution in [0.15, 0.2) is 41.3 Å². The number of carbonyl (C=O) groups is 1. The highest BCUT2D eigenvalue weighted by molar-refractivity contribution is 7.89. The van der Waals surface area contributed by atoms with Gasteiger partial charge < -0.3 is 14.8 Å². The maximum absolute atomic E-state index is 13.2. The quantitative estimate of drug-likeness (QED) is 0.705. The van der Waals surface area contributed by atoms with Gasteiger partial charge in [0, 0.05) is 18.8 Å². The van der Waals surface area contributed by atoms with Crippen molar-refractivity contribution in [2.45, 2.75) is 38.0 Å². The Labute approximate surface area is 184 Å². The number of amides is 1. The first-order valence-electron chi connectivity index (χ1n) is 10.4. The molecule has 0 atom stereocenters. The van der Waals surface area contributed by atoms with E-state index in [1.807, 2.05) is 25.1 Å². The largest absolute Gasteiger partial charge is 0.495 e. The summed E-state index contributed by atoms with van der Waals surface area (Å²) in [6.45, 7) is 7.43. The molecule has 31 heavy (non-hydrogen) atoms. The Morgan fingerprint density at radius 3 is 2.55 bits per heavy atom. The average Bonchev–Trinajstić information content (AvgIpc) is 2.75. The molecule has 1 fully saturated rings. The summed E-state index contributed by atoms with van der Waals surface area (Å²) < 4.78 is 38.3. The van der Waals surface area contributed by atoms with Gasteiger partial charge in [-0.05, 0) is 41.7 Å². The minimum atomic E-state index is -3.75. The fourth-order valence-electron chi connectivity index (χ4n) is 3.67. The molecule has 1 heterocycles. The van der Waals surface area contributed by atoms with Crippen molar-refractivity contribution in [2.24, 2.45) is 0 Å². The molecule has 7 nitrogen and oxygen atoms in total. The van der Waals surface area contributed by atoms with Crippen molar-refractivity contribution < 1.29 is 22.7 Å². The number of morpholine rings is 1. The van der Waals surface area contributed by atoms with E-state index in [-0.39, 0.29) is 28.9 Å². The van der Waals surface area contributed by atoms with Gasteiger partial charge in [0.25, 0.3) is 0 Å². The van der Waals surface area contributed by atoms with Crippen molar-refractivity contribution in [3.05, 3.63) is 53.1 Å². The number of hydrogen-bond acceptors (Lipinski definition) is 5. The molecule has 0 aliphatic carbocycles. The Kier molecular flexibility index (Phi) is 7.35. The molecule has 1 aliphatic heterocycles. The molecule has 0 aromatic heterocycles. The van der Waals surface area contributed by atoms with Crippen molar-refractivity contribution in [3.8, 4) is 5.75 Å². The smallest absolute Gasteiger partial charge is 0.246 e. The van der Waals surface area contributed by atoms with Crippen LogP contribution in [0.3, 0.4) is 0 Å². The number of ether oxygens (including phenoxy) is 2. The van der Waals surface area contributed by atoms with Crippen molar-refractivity contribution in [1.82, 2.24) is 4.31 Å². The molecule has 1 saturated heterocycles. The van der Waals surface area contributed by atoms with Gasteiger partial charge in [0.15, 0.2) is 0 Å². The zero-order valence-corrected chi connectivity index (χ0v) is 19.3. The minimum Gasteiger partial charge on any atom is -0.495 e. The number of benzene rings is 2. The number of nitrogens with zero attached hydrogens (tertiary/aromatic N) is 1. The van der Waals surface area contributed by atoms with Gasteiger partial charge >= 0.3 is 0 Å². The lowest BCUT2D eigenvalue weighted by Crippen LogP contribution is -2.40. The van der Waals surface area contributed by atoms with Crippen molar-refractivity contribution in [2.75, 3.05) is 38.7 Å². The van der Waals surface area contributed by atoms with Gasteiger partial charge in [0.05, 0.1) is 26.7 Å². The summed E-state index contributed by atoms with van der Waals surface area (Å²) in [5.74, 6) is 0.328. The number of hydrogen-bond donors (Lipinski definition) is 1. The molecule has 0 unspecified atom stereocenters. The van der Waals surface area contributed by atoms with Crippen LogP contribution in [0, 0.1) is 6.92 Å². The van der Waals surface area contributed by atoms with Crippen LogP contribution in [0.4, 0.5) is 5.69 Å². The molecule has 0 saturated carbocycles. The number of nitrogens with one attached hydrogen (secondary N) is 1. The van der Waals surface area contributed by atoms with Crippen LogP contribution in [0.2, 0.25) is 0 Å². The van der Waals surface area contributed by atoms with Gasteiger partial charge in [-0.2, -0.15) is 4.31 Å². The molecule has 0 spiro atoms. The molecule has 1 aliphatic rings. The fourth-order valence-corrected chi connectivity index (χ4v) is 5.28. The number of rotatable bonds is 7. The van der Waals surface area contributed by atoms with Crippen LogP contribution in [0.1, 0.15) is 36.5 Å². The van der Waals surface area contributed by atoms with Crippen LogP contribution >= 0.6 is 0 Å². The molecule has 1 N–H and O–H groups in total. The summed E-state index contributed by atoms with van der Waals surface area (Å²) in [7, 11) is -2.31. The van der Waals surface area contributed by atoms with E-state index in [1.54, 1.807) is 12.1 Å². The lowest BCUT2D eigenvalue weighted by atomic mass is 9.98. The number of methoxy groups -OCH3 is 1. The molecule has 168 valence electrons. The zero-order chi connectivity index (χ0) is 22.6. The van der Waals surface area contributed by atoms with Crippen LogP contribution < -0.4 is 10.1 Å². The Balaban J connectivity index is 1.85. The van der Waals surface area contributed by atoms with Gasteiger partial charge in [-0.1, -0.05) is 38.1 Å². The Morgan fingerprint density at radius 1 is 1.19 bits per heavy atom. The summed E-state index contributed by atoms with van der Waals surface area (Å²) in [6, 6.07) is 10.8. The van der Waals surface area contributed by atoms with Gasteiger partial charge in [-0.25, -0.2) is 8.42 Å². The van der Waals surface area contributed by atoms with E-state index in [9.17, 15) is 13.2 Å². The second-order valence-corrected chi connectivity index (χ2v) is 9.83. The zero-order valence-electron chi connectivity index (χ0n) is 18.5. The van der Waals surface area contributed by atoms with Gasteiger partial charge in [0.2, 0.25) is 15.9 Å². The summed E-state index contributed by atoms with van der Waals surface area (Å²) >= 11 is 0. The van der Waals surface area contributed by atoms with E-state index in [4.69, 9.17) is 9.47 Å². The molecule has 2 aromatic carbocycles. The first-order valence-corrected chi connectivity index (χ1v) is 11.8. The first-order chi connectivity index (χ1) is 14.7. The Bertz CT molecular complexity index is 1040. The highest BCUT2D eigenvalue weighted by atomic mass is 32.2. The van der Waals surface area contributed by atoms with Gasteiger partial charge in [0.1, 0.15) is 10.6 Å². The summed E-state index contributed by atoms with van der Waals surface area (Å²) in [4.78, 5) is 12.9. The highest BCUT2D eigenvalue weighted by Crippen LogP contribution is 2.30. The third kappa shape index (κ3) is 5.26. The summed E-state index contributed by atoms with van der Waals surface area (Å²) in [5, 5.41) is 3.01. The maximum atomic E-state index is 13.2. The van der Waals surface area contributed by atoms with E-state index in [0.29, 0.717) is 31.9 Å². The predicted molar refractivity (Wildman–Crippen MR) is 120 cm³/mol. The molecule has 2 aromatic rings. The third-order valence-corrected chi connectivity index (χ3v) is 7.29. The fraction of sp³-hybridized carbons (Fsp3) is 0.435. The molecule has 0 bridgehead atoms. The third-order valence-electron chi connectivity index (χ3n) is 5.37. The standard InChI is InChI=1S/C23H30N2O5S/c1-16(2)19-7-5-6-17(3)23(19)24-22(26)15-18-8-9-20(29-4)21(14-18)31(27,28)25-10-12-30-13-11-25/h5-9,14,16H,10-13,15H2,1-4H3,(H,24,26). The second kappa shape index (κ2) is 9.80. The number of sulfonamides is 1. The molecular formula is C23H30N2O5S. The van der Waals surface area contributed by atoms with Crippen LogP contribution in [-0.2, 0) is 26.0 Å². The van der Waals surface area contributed by atoms with Crippen molar-refractivity contribution in [1.29, 1.82) is 0 Å². The van der Waals surface area contributed by atoms with E-state index >= 15 is 0 Å². The highest BCUT2D eigenvalue weighted by Gasteiger charge is 2.29. The average molecular weight is 447 g/mol. The van der Waals surface area contributed by atoms with Crippen LogP contribution in [0.5, 0.6) is 5.75 Å². The second-order valence-electron chi connectivity index (χ2n) is 7.92. The lowest BCUT2D eigenvalue weighted by Gasteiger charge is -2.26. The maximum Gasteiger partial charge on any atom is 0.246 e. The van der Waals surface area contributed by atoms with Crippen molar-refractivity contribution in [3.63, 3.8) is 0 Å². The van der Waals surface area contributed by atoms with E-state index < -0.39 is 10.0 Å². The van der Waals surface area contributed by atoms with E-state index in [1.165, 1.54) is 17.5 Å². The van der Waals surface area contributed by atoms with Gasteiger partial charge in [-0.3, -0.25) is 4.79 Å². The summed E-state index contributed by atoms with van der Waals surface area (Å²) in [5.41, 5.74) is 3.48. The molecular weight excluding hydrogens is 416 g/mol. The van der Waals surface area contributed by atoms with E-state index in [2.05, 4.69) is 19.2 Å². The van der Waals surface area contributed by atoms with Gasteiger partial charge in [-0.15, -0.1) is 0 Å². The SMILES string of the molecule is COc1ccc(CC(=O)Nc2c(C)cccc2C(C)C)cc1S(=O)(=O)N1CCOCC1. The molecule has 1 amide bonds. The summed E-state index contributed by atoms with van der Waals surface area (Å²) in [6.07, 6.45) is 0.0570. The number of carbonyl (C=O) groups excluding carboxylic acids is 1. The molecule has 8 heteroatoms. The number of para-hydroxylation sites is 1. The minimum absolute atomic E-state index is 0.0570. The lowest BCUT2D eigenvalue weighted by molar-refractivity contribution is -0.115. The van der Waals surface area contributed by atoms with Crippen LogP contribution in [0.25, 0.3) is 0 Å². The first kappa shape index (κ1) is 23.2. The Morgan fingerprint density at radius 2 is 1.90 bits per heavy atom. The van der Waals surface area contributed by atoms with E-state index in [0.717, 1.165) is 16.8 Å². The topological polar surface area (TPSA) is 84.9 Å². The molecule has 0 radical (unpaired) electrons. The number of aryl methyl sites for hydroxylation is 1. The van der Waals surface area contributed by atoms with Crippen LogP contribution in [-0.4, -0.2) is 52.0 Å².